The first-order valence-corrected chi connectivity index (χ1v) is 21.7. The van der Waals surface area contributed by atoms with Gasteiger partial charge in [-0.3, -0.25) is 0 Å². The van der Waals surface area contributed by atoms with Crippen molar-refractivity contribution in [2.24, 2.45) is 11.8 Å². The molecule has 8 rings (SSSR count). The molecule has 5 N–H and O–H groups in total. The predicted molar refractivity (Wildman–Crippen MR) is 232 cm³/mol. The number of phenolic OH excluding ortho intramolecular Hbond substituents is 3. The third-order valence-electron chi connectivity index (χ3n) is 12.7. The number of hydrogen-bond acceptors (Lipinski definition) is 11. The molecule has 1 fully saturated rings. The van der Waals surface area contributed by atoms with Gasteiger partial charge in [0, 0.05) is 72.6 Å². The van der Waals surface area contributed by atoms with Gasteiger partial charge in [-0.1, -0.05) is 19.1 Å². The average molecular weight is 835 g/mol. The molecule has 61 heavy (non-hydrogen) atoms. The third kappa shape index (κ3) is 8.79. The lowest BCUT2D eigenvalue weighted by atomic mass is 9.72. The molecule has 2 aliphatic heterocycles. The maximum Gasteiger partial charge on any atom is 0.133 e. The molecule has 0 radical (unpaired) electrons. The molecule has 5 unspecified atom stereocenters. The summed E-state index contributed by atoms with van der Waals surface area (Å²) < 4.78 is 38.7. The first kappa shape index (κ1) is 42.5. The number of aromatic hydroxyl groups is 3. The van der Waals surface area contributed by atoms with E-state index in [1.165, 1.54) is 0 Å². The van der Waals surface area contributed by atoms with Gasteiger partial charge < -0.3 is 54.0 Å². The van der Waals surface area contributed by atoms with E-state index in [0.29, 0.717) is 72.7 Å². The number of benzene rings is 5. The Kier molecular flexibility index (Phi) is 13.1. The zero-order valence-corrected chi connectivity index (χ0v) is 35.3. The summed E-state index contributed by atoms with van der Waals surface area (Å²) in [4.78, 5) is 0. The fourth-order valence-corrected chi connectivity index (χ4v) is 9.73. The largest absolute Gasteiger partial charge is 0.508 e. The topological polar surface area (TPSA) is 157 Å². The van der Waals surface area contributed by atoms with Crippen LogP contribution >= 0.6 is 0 Å². The summed E-state index contributed by atoms with van der Waals surface area (Å²) in [6.07, 6.45) is 4.84. The standard InChI is InChI=1S/C50H58O11/c1-4-29-23-38(30-10-7-11-33(52)21-30)31(24-43(29)54)20-32-22-36(60-35-12-5-6-13-35)26-40-47(55)42(28-59-48(32)40)46-44(14-8-18-56-2)61-49-37-16-15-34(53)25-39(37)45(57-3)27-41(49)50(46)58-19-9-17-51/h7,10-11,15-16,21-27,35,42,44,46-47,50-55H,4-6,8-9,12-14,17-20,28H2,1-3H3. The molecule has 324 valence electrons. The van der Waals surface area contributed by atoms with Gasteiger partial charge in [-0.05, 0) is 134 Å². The number of hydrogen-bond donors (Lipinski definition) is 5. The fourth-order valence-electron chi connectivity index (χ4n) is 9.73. The van der Waals surface area contributed by atoms with E-state index in [9.17, 15) is 25.5 Å². The van der Waals surface area contributed by atoms with Gasteiger partial charge >= 0.3 is 0 Å². The summed E-state index contributed by atoms with van der Waals surface area (Å²) in [6, 6.07) is 21.9. The lowest BCUT2D eigenvalue weighted by Gasteiger charge is -2.46. The Bertz CT molecular complexity index is 2320. The molecule has 5 aromatic rings. The van der Waals surface area contributed by atoms with Crippen molar-refractivity contribution in [3.8, 4) is 51.4 Å². The van der Waals surface area contributed by atoms with Gasteiger partial charge in [0.25, 0.3) is 0 Å². The maximum absolute atomic E-state index is 12.8. The van der Waals surface area contributed by atoms with Crippen LogP contribution in [-0.4, -0.2) is 78.4 Å². The van der Waals surface area contributed by atoms with Crippen LogP contribution in [0.4, 0.5) is 0 Å². The van der Waals surface area contributed by atoms with Crippen molar-refractivity contribution in [2.75, 3.05) is 40.6 Å². The van der Waals surface area contributed by atoms with Crippen LogP contribution < -0.4 is 18.9 Å². The predicted octanol–water partition coefficient (Wildman–Crippen LogP) is 9.09. The molecule has 1 aliphatic carbocycles. The van der Waals surface area contributed by atoms with Crippen LogP contribution in [0.15, 0.2) is 72.8 Å². The van der Waals surface area contributed by atoms with E-state index in [0.717, 1.165) is 64.5 Å². The minimum atomic E-state index is -1.01. The van der Waals surface area contributed by atoms with Crippen LogP contribution in [0.5, 0.6) is 40.2 Å². The lowest BCUT2D eigenvalue weighted by Crippen LogP contribution is -2.46. The molecule has 0 aromatic heterocycles. The highest BCUT2D eigenvalue weighted by molar-refractivity contribution is 5.96. The normalized spacial score (nSPS) is 21.1. The Balaban J connectivity index is 1.24. The zero-order chi connectivity index (χ0) is 42.6. The van der Waals surface area contributed by atoms with Gasteiger partial charge in [0.2, 0.25) is 0 Å². The Morgan fingerprint density at radius 3 is 2.36 bits per heavy atom. The van der Waals surface area contributed by atoms with E-state index >= 15 is 0 Å². The van der Waals surface area contributed by atoms with Gasteiger partial charge in [-0.2, -0.15) is 0 Å². The van der Waals surface area contributed by atoms with Gasteiger partial charge in [0.1, 0.15) is 46.4 Å². The van der Waals surface area contributed by atoms with Gasteiger partial charge in [0.15, 0.2) is 0 Å². The van der Waals surface area contributed by atoms with E-state index in [4.69, 9.17) is 28.4 Å². The maximum atomic E-state index is 12.8. The number of phenols is 3. The van der Waals surface area contributed by atoms with Crippen molar-refractivity contribution >= 4 is 10.8 Å². The molecule has 0 amide bonds. The van der Waals surface area contributed by atoms with E-state index in [2.05, 4.69) is 0 Å². The smallest absolute Gasteiger partial charge is 0.133 e. The summed E-state index contributed by atoms with van der Waals surface area (Å²) in [5.41, 5.74) is 5.52. The quantitative estimate of drug-likeness (QED) is 0.0605. The Hall–Kier alpha value is -5.20. The highest BCUT2D eigenvalue weighted by Crippen LogP contribution is 2.55. The molecular weight excluding hydrogens is 777 g/mol. The summed E-state index contributed by atoms with van der Waals surface area (Å²) in [6.45, 7) is 2.90. The van der Waals surface area contributed by atoms with Crippen LogP contribution in [-0.2, 0) is 22.3 Å². The van der Waals surface area contributed by atoms with E-state index in [-0.39, 0.29) is 43.2 Å². The van der Waals surface area contributed by atoms with Gasteiger partial charge in [-0.15, -0.1) is 0 Å². The summed E-state index contributed by atoms with van der Waals surface area (Å²) in [5, 5.41) is 56.2. The molecule has 5 atom stereocenters. The second-order valence-corrected chi connectivity index (χ2v) is 16.6. The molecule has 0 bridgehead atoms. The Morgan fingerprint density at radius 2 is 1.61 bits per heavy atom. The molecule has 11 heteroatoms. The molecule has 0 saturated heterocycles. The van der Waals surface area contributed by atoms with Crippen molar-refractivity contribution in [3.05, 3.63) is 101 Å². The SMILES string of the molecule is CCc1cc(-c2cccc(O)c2)c(Cc2cc(OC3CCCC3)cc3c2OCC(C2C(CCCOC)Oc4c(cc(OC)c5cc(O)ccc45)C2OCCCO)C3O)cc1O. The second-order valence-electron chi connectivity index (χ2n) is 16.6. The number of fused-ring (bicyclic) bond motifs is 4. The third-order valence-corrected chi connectivity index (χ3v) is 12.7. The molecular formula is C50H58O11. The highest BCUT2D eigenvalue weighted by Gasteiger charge is 2.49. The average Bonchev–Trinajstić information content (AvgIpc) is 3.77. The first-order valence-electron chi connectivity index (χ1n) is 21.7. The number of methoxy groups -OCH3 is 2. The second kappa shape index (κ2) is 18.8. The van der Waals surface area contributed by atoms with Crippen LogP contribution in [0.1, 0.15) is 91.9 Å². The zero-order valence-electron chi connectivity index (χ0n) is 35.3. The first-order chi connectivity index (χ1) is 29.7. The van der Waals surface area contributed by atoms with Crippen LogP contribution in [0.25, 0.3) is 21.9 Å². The van der Waals surface area contributed by atoms with Crippen molar-refractivity contribution in [1.82, 2.24) is 0 Å². The molecule has 11 nitrogen and oxygen atoms in total. The summed E-state index contributed by atoms with van der Waals surface area (Å²) >= 11 is 0. The molecule has 5 aromatic carbocycles. The van der Waals surface area contributed by atoms with Crippen LogP contribution in [0.2, 0.25) is 0 Å². The van der Waals surface area contributed by atoms with Crippen LogP contribution in [0.3, 0.4) is 0 Å². The Morgan fingerprint density at radius 1 is 0.787 bits per heavy atom. The van der Waals surface area contributed by atoms with Gasteiger partial charge in [-0.25, -0.2) is 0 Å². The molecule has 3 aliphatic rings. The Labute approximate surface area is 357 Å². The molecule has 0 spiro atoms. The minimum Gasteiger partial charge on any atom is -0.508 e. The van der Waals surface area contributed by atoms with Gasteiger partial charge in [0.05, 0.1) is 32.0 Å². The van der Waals surface area contributed by atoms with Crippen molar-refractivity contribution in [3.63, 3.8) is 0 Å². The summed E-state index contributed by atoms with van der Waals surface area (Å²) in [5.74, 6) is 1.93. The van der Waals surface area contributed by atoms with Crippen molar-refractivity contribution < 1.29 is 54.0 Å². The highest BCUT2D eigenvalue weighted by atomic mass is 16.5. The number of aryl methyl sites for hydroxylation is 1. The fraction of sp³-hybridized carbons (Fsp3) is 0.440. The van der Waals surface area contributed by atoms with E-state index < -0.39 is 30.1 Å². The molecule has 1 saturated carbocycles. The minimum absolute atomic E-state index is 0.0422. The van der Waals surface area contributed by atoms with Crippen LogP contribution in [0, 0.1) is 11.8 Å². The van der Waals surface area contributed by atoms with Crippen molar-refractivity contribution in [2.45, 2.75) is 89.1 Å². The number of aliphatic hydroxyl groups is 2. The summed E-state index contributed by atoms with van der Waals surface area (Å²) in [7, 11) is 3.26. The monoisotopic (exact) mass is 834 g/mol. The molecule has 2 heterocycles. The number of rotatable bonds is 16. The van der Waals surface area contributed by atoms with E-state index in [1.807, 2.05) is 49.4 Å². The van der Waals surface area contributed by atoms with Crippen molar-refractivity contribution in [1.29, 1.82) is 0 Å². The lowest BCUT2D eigenvalue weighted by molar-refractivity contribution is -0.113. The number of ether oxygens (including phenoxy) is 6. The van der Waals surface area contributed by atoms with E-state index in [1.54, 1.807) is 44.6 Å². The number of aliphatic hydroxyl groups excluding tert-OH is 2.